The van der Waals surface area contributed by atoms with Crippen LogP contribution in [0.2, 0.25) is 10.0 Å². The third-order valence-electron chi connectivity index (χ3n) is 6.11. The highest BCUT2D eigenvalue weighted by molar-refractivity contribution is 6.42. The van der Waals surface area contributed by atoms with Crippen LogP contribution in [0.15, 0.2) is 18.2 Å². The molecular formula is C17H19Cl2NO. The van der Waals surface area contributed by atoms with Crippen LogP contribution in [0, 0.1) is 17.3 Å². The number of rotatable bonds is 3. The molecule has 4 rings (SSSR count). The second kappa shape index (κ2) is 4.47. The summed E-state index contributed by atoms with van der Waals surface area (Å²) in [6.45, 7) is 3.81. The molecule has 4 heteroatoms. The smallest absolute Gasteiger partial charge is 0.133 e. The maximum absolute atomic E-state index is 11.7. The average Bonchev–Trinajstić information content (AvgIpc) is 3.33. The molecule has 0 amide bonds. The van der Waals surface area contributed by atoms with Gasteiger partial charge < -0.3 is 5.32 Å². The first-order valence-electron chi connectivity index (χ1n) is 7.67. The Bertz CT molecular complexity index is 631. The van der Waals surface area contributed by atoms with Gasteiger partial charge in [-0.2, -0.15) is 0 Å². The Hall–Kier alpha value is -0.570. The second-order valence-corrected chi connectivity index (χ2v) is 7.84. The summed E-state index contributed by atoms with van der Waals surface area (Å²) in [5.74, 6) is 1.20. The van der Waals surface area contributed by atoms with E-state index in [9.17, 15) is 4.79 Å². The Labute approximate surface area is 135 Å². The lowest BCUT2D eigenvalue weighted by Gasteiger charge is -2.32. The molecule has 112 valence electrons. The number of halogens is 2. The van der Waals surface area contributed by atoms with Crippen molar-refractivity contribution < 1.29 is 4.79 Å². The van der Waals surface area contributed by atoms with Crippen LogP contribution in [0.25, 0.3) is 0 Å². The molecule has 1 N–H and O–H groups in total. The first-order valence-corrected chi connectivity index (χ1v) is 8.42. The van der Waals surface area contributed by atoms with E-state index in [-0.39, 0.29) is 16.7 Å². The van der Waals surface area contributed by atoms with Crippen molar-refractivity contribution in [3.8, 4) is 0 Å². The Morgan fingerprint density at radius 1 is 1.33 bits per heavy atom. The normalized spacial score (nSPS) is 40.5. The standard InChI is InChI=1S/C17H19Cl2NO/c1-10(21)12-7-13(12)17-8-16(17,4-5-20-9-17)11-2-3-14(18)15(19)6-11/h2-3,6,12-13,20H,4-5,7-9H2,1H3. The van der Waals surface area contributed by atoms with E-state index < -0.39 is 0 Å². The number of hydrogen-bond donors (Lipinski definition) is 1. The van der Waals surface area contributed by atoms with E-state index in [0.717, 1.165) is 25.9 Å². The van der Waals surface area contributed by atoms with Crippen LogP contribution in [0.4, 0.5) is 0 Å². The molecule has 1 aliphatic heterocycles. The molecule has 2 saturated carbocycles. The largest absolute Gasteiger partial charge is 0.316 e. The van der Waals surface area contributed by atoms with Gasteiger partial charge in [-0.05, 0) is 61.8 Å². The molecule has 0 spiro atoms. The first kappa shape index (κ1) is 14.0. The topological polar surface area (TPSA) is 29.1 Å². The fraction of sp³-hybridized carbons (Fsp3) is 0.588. The van der Waals surface area contributed by atoms with Crippen molar-refractivity contribution in [2.75, 3.05) is 13.1 Å². The number of benzene rings is 1. The fourth-order valence-electron chi connectivity index (χ4n) is 4.88. The van der Waals surface area contributed by atoms with Crippen molar-refractivity contribution in [1.82, 2.24) is 5.32 Å². The van der Waals surface area contributed by atoms with Crippen LogP contribution in [0.5, 0.6) is 0 Å². The van der Waals surface area contributed by atoms with Crippen LogP contribution in [-0.2, 0) is 10.2 Å². The minimum atomic E-state index is 0.210. The number of ketones is 1. The van der Waals surface area contributed by atoms with Gasteiger partial charge in [0.05, 0.1) is 10.0 Å². The average molecular weight is 324 g/mol. The monoisotopic (exact) mass is 323 g/mol. The quantitative estimate of drug-likeness (QED) is 0.915. The zero-order chi connectivity index (χ0) is 14.8. The van der Waals surface area contributed by atoms with Crippen LogP contribution >= 0.6 is 23.2 Å². The van der Waals surface area contributed by atoms with E-state index in [1.165, 1.54) is 12.0 Å². The predicted molar refractivity (Wildman–Crippen MR) is 85.0 cm³/mol. The Balaban J connectivity index is 1.70. The minimum absolute atomic E-state index is 0.210. The van der Waals surface area contributed by atoms with Gasteiger partial charge in [0.15, 0.2) is 0 Å². The number of hydrogen-bond acceptors (Lipinski definition) is 2. The second-order valence-electron chi connectivity index (χ2n) is 7.03. The van der Waals surface area contributed by atoms with E-state index in [2.05, 4.69) is 11.4 Å². The van der Waals surface area contributed by atoms with Gasteiger partial charge in [0.2, 0.25) is 0 Å². The van der Waals surface area contributed by atoms with Gasteiger partial charge in [-0.25, -0.2) is 0 Å². The summed E-state index contributed by atoms with van der Waals surface area (Å²) in [4.78, 5) is 11.7. The fourth-order valence-corrected chi connectivity index (χ4v) is 5.17. The van der Waals surface area contributed by atoms with Crippen molar-refractivity contribution in [2.24, 2.45) is 17.3 Å². The molecule has 2 aliphatic carbocycles. The summed E-state index contributed by atoms with van der Waals surface area (Å²) in [6, 6.07) is 6.09. The highest BCUT2D eigenvalue weighted by Gasteiger charge is 2.75. The third-order valence-corrected chi connectivity index (χ3v) is 6.85. The predicted octanol–water partition coefficient (Wildman–Crippen LogP) is 3.84. The van der Waals surface area contributed by atoms with Gasteiger partial charge in [-0.15, -0.1) is 0 Å². The lowest BCUT2D eigenvalue weighted by molar-refractivity contribution is -0.118. The molecule has 0 radical (unpaired) electrons. The molecule has 0 bridgehead atoms. The van der Waals surface area contributed by atoms with Crippen molar-refractivity contribution >= 4 is 29.0 Å². The third kappa shape index (κ3) is 1.85. The molecule has 4 atom stereocenters. The van der Waals surface area contributed by atoms with Gasteiger partial charge in [-0.1, -0.05) is 29.3 Å². The molecule has 1 aromatic carbocycles. The molecule has 1 saturated heterocycles. The molecule has 3 fully saturated rings. The zero-order valence-corrected chi connectivity index (χ0v) is 13.6. The number of carbonyl (C=O) groups excluding carboxylic acids is 1. The summed E-state index contributed by atoms with van der Waals surface area (Å²) >= 11 is 12.3. The molecule has 1 heterocycles. The lowest BCUT2D eigenvalue weighted by Crippen LogP contribution is -2.40. The maximum atomic E-state index is 11.7. The number of Topliss-reactive ketones (excluding diaryl/α,β-unsaturated/α-hetero) is 1. The highest BCUT2D eigenvalue weighted by atomic mass is 35.5. The van der Waals surface area contributed by atoms with Gasteiger partial charge in [-0.3, -0.25) is 4.79 Å². The Morgan fingerprint density at radius 2 is 2.14 bits per heavy atom. The van der Waals surface area contributed by atoms with Crippen LogP contribution in [0.3, 0.4) is 0 Å². The summed E-state index contributed by atoms with van der Waals surface area (Å²) < 4.78 is 0. The van der Waals surface area contributed by atoms with Crippen molar-refractivity contribution in [3.05, 3.63) is 33.8 Å². The van der Waals surface area contributed by atoms with Gasteiger partial charge >= 0.3 is 0 Å². The van der Waals surface area contributed by atoms with Gasteiger partial charge in [0.1, 0.15) is 5.78 Å². The minimum Gasteiger partial charge on any atom is -0.316 e. The molecule has 21 heavy (non-hydrogen) atoms. The Morgan fingerprint density at radius 3 is 2.81 bits per heavy atom. The van der Waals surface area contributed by atoms with Crippen molar-refractivity contribution in [3.63, 3.8) is 0 Å². The number of carbonyl (C=O) groups is 1. The van der Waals surface area contributed by atoms with E-state index in [1.807, 2.05) is 12.1 Å². The van der Waals surface area contributed by atoms with Gasteiger partial charge in [0, 0.05) is 17.9 Å². The lowest BCUT2D eigenvalue weighted by atomic mass is 9.78. The molecule has 0 aromatic heterocycles. The summed E-state index contributed by atoms with van der Waals surface area (Å²) in [6.07, 6.45) is 3.38. The first-order chi connectivity index (χ1) is 10.0. The van der Waals surface area contributed by atoms with Crippen molar-refractivity contribution in [2.45, 2.75) is 31.6 Å². The summed E-state index contributed by atoms with van der Waals surface area (Å²) in [7, 11) is 0. The van der Waals surface area contributed by atoms with Crippen LogP contribution < -0.4 is 5.32 Å². The van der Waals surface area contributed by atoms with E-state index >= 15 is 0 Å². The van der Waals surface area contributed by atoms with E-state index in [4.69, 9.17) is 23.2 Å². The number of fused-ring (bicyclic) bond motifs is 1. The summed E-state index contributed by atoms with van der Waals surface area (Å²) in [5.41, 5.74) is 1.78. The molecule has 3 aliphatic rings. The highest BCUT2D eigenvalue weighted by Crippen LogP contribution is 2.77. The SMILES string of the molecule is CC(=O)C1CC1C12CNCCC1(c1ccc(Cl)c(Cl)c1)C2. The molecular weight excluding hydrogens is 305 g/mol. The zero-order valence-electron chi connectivity index (χ0n) is 12.1. The maximum Gasteiger partial charge on any atom is 0.133 e. The number of piperidine rings is 1. The summed E-state index contributed by atoms with van der Waals surface area (Å²) in [5, 5.41) is 4.80. The van der Waals surface area contributed by atoms with Crippen LogP contribution in [0.1, 0.15) is 31.7 Å². The van der Waals surface area contributed by atoms with E-state index in [1.54, 1.807) is 6.92 Å². The number of nitrogens with one attached hydrogen (secondary N) is 1. The molecule has 4 unspecified atom stereocenters. The molecule has 1 aromatic rings. The molecule has 2 nitrogen and oxygen atoms in total. The Kier molecular flexibility index (Phi) is 2.99. The van der Waals surface area contributed by atoms with E-state index in [0.29, 0.717) is 21.7 Å². The van der Waals surface area contributed by atoms with Gasteiger partial charge in [0.25, 0.3) is 0 Å². The van der Waals surface area contributed by atoms with Crippen molar-refractivity contribution in [1.29, 1.82) is 0 Å². The van der Waals surface area contributed by atoms with Crippen LogP contribution in [-0.4, -0.2) is 18.9 Å².